The average molecular weight is 282 g/mol. The van der Waals surface area contributed by atoms with Gasteiger partial charge in [0.25, 0.3) is 0 Å². The number of likely N-dealkylation sites (N-methyl/N-ethyl adjacent to an activating group) is 1. The lowest BCUT2D eigenvalue weighted by atomic mass is 9.83. The number of nitriles is 1. The van der Waals surface area contributed by atoms with Crippen LogP contribution in [0.25, 0.3) is 0 Å². The van der Waals surface area contributed by atoms with Crippen molar-refractivity contribution in [2.75, 3.05) is 7.05 Å². The number of aryl methyl sites for hydroxylation is 1. The highest BCUT2D eigenvalue weighted by Gasteiger charge is 2.44. The van der Waals surface area contributed by atoms with Crippen molar-refractivity contribution in [1.29, 1.82) is 5.26 Å². The Morgan fingerprint density at radius 2 is 1.95 bits per heavy atom. The molecular formula is C18H22N2O. The van der Waals surface area contributed by atoms with Crippen LogP contribution in [-0.4, -0.2) is 23.9 Å². The van der Waals surface area contributed by atoms with E-state index in [1.807, 2.05) is 11.9 Å². The Kier molecular flexibility index (Phi) is 3.71. The molecule has 21 heavy (non-hydrogen) atoms. The molecule has 1 unspecified atom stereocenters. The van der Waals surface area contributed by atoms with Crippen molar-refractivity contribution >= 4 is 5.91 Å². The third-order valence-corrected chi connectivity index (χ3v) is 5.27. The number of carbonyl (C=O) groups excluding carboxylic acids is 1. The molecule has 0 aromatic heterocycles. The topological polar surface area (TPSA) is 44.1 Å². The van der Waals surface area contributed by atoms with Crippen molar-refractivity contribution in [3.63, 3.8) is 0 Å². The molecule has 1 saturated carbocycles. The lowest BCUT2D eigenvalue weighted by Gasteiger charge is -2.36. The Balaban J connectivity index is 1.76. The van der Waals surface area contributed by atoms with Crippen LogP contribution in [0.5, 0.6) is 0 Å². The second-order valence-electron chi connectivity index (χ2n) is 6.48. The molecule has 0 saturated heterocycles. The van der Waals surface area contributed by atoms with Gasteiger partial charge in [0.1, 0.15) is 5.41 Å². The molecule has 0 N–H and O–H groups in total. The van der Waals surface area contributed by atoms with Gasteiger partial charge in [-0.1, -0.05) is 37.1 Å². The standard InChI is InChI=1S/C18H22N2O/c1-20(17(21)18(13-19)10-4-5-11-18)16-9-8-14-6-2-3-7-15(14)12-16/h2-3,6-7,16H,4-5,8-12H2,1H3. The first-order chi connectivity index (χ1) is 10.2. The molecule has 110 valence electrons. The second kappa shape index (κ2) is 5.52. The van der Waals surface area contributed by atoms with Crippen LogP contribution in [0.2, 0.25) is 0 Å². The summed E-state index contributed by atoms with van der Waals surface area (Å²) in [5.74, 6) is 0.0480. The van der Waals surface area contributed by atoms with Crippen LogP contribution in [0.15, 0.2) is 24.3 Å². The zero-order valence-electron chi connectivity index (χ0n) is 12.6. The molecule has 3 heteroatoms. The summed E-state index contributed by atoms with van der Waals surface area (Å²) >= 11 is 0. The van der Waals surface area contributed by atoms with Gasteiger partial charge in [-0.05, 0) is 43.2 Å². The van der Waals surface area contributed by atoms with Gasteiger partial charge in [0, 0.05) is 13.1 Å². The number of fused-ring (bicyclic) bond motifs is 1. The summed E-state index contributed by atoms with van der Waals surface area (Å²) in [5.41, 5.74) is 2.02. The first-order valence-corrected chi connectivity index (χ1v) is 7.91. The summed E-state index contributed by atoms with van der Waals surface area (Å²) in [4.78, 5) is 14.7. The Morgan fingerprint density at radius 3 is 2.62 bits per heavy atom. The van der Waals surface area contributed by atoms with Crippen LogP contribution in [0.1, 0.15) is 43.2 Å². The summed E-state index contributed by atoms with van der Waals surface area (Å²) in [7, 11) is 1.89. The molecule has 2 aliphatic carbocycles. The molecule has 2 aliphatic rings. The van der Waals surface area contributed by atoms with Crippen molar-refractivity contribution in [3.05, 3.63) is 35.4 Å². The molecule has 0 spiro atoms. The number of hydrogen-bond acceptors (Lipinski definition) is 2. The smallest absolute Gasteiger partial charge is 0.243 e. The third kappa shape index (κ3) is 2.44. The van der Waals surface area contributed by atoms with E-state index in [9.17, 15) is 10.1 Å². The molecule has 1 aromatic rings. The molecule has 3 nitrogen and oxygen atoms in total. The lowest BCUT2D eigenvalue weighted by Crippen LogP contribution is -2.47. The average Bonchev–Trinajstić information content (AvgIpc) is 3.03. The van der Waals surface area contributed by atoms with E-state index in [-0.39, 0.29) is 11.9 Å². The van der Waals surface area contributed by atoms with E-state index in [2.05, 4.69) is 30.3 Å². The highest BCUT2D eigenvalue weighted by molar-refractivity contribution is 5.86. The SMILES string of the molecule is CN(C(=O)C1(C#N)CCCC1)C1CCc2ccccc2C1. The molecule has 0 heterocycles. The van der Waals surface area contributed by atoms with Gasteiger partial charge in [0.2, 0.25) is 5.91 Å². The predicted octanol–water partition coefficient (Wildman–Crippen LogP) is 3.09. The van der Waals surface area contributed by atoms with E-state index in [1.54, 1.807) is 0 Å². The lowest BCUT2D eigenvalue weighted by molar-refractivity contribution is -0.139. The Hall–Kier alpha value is -1.82. The fraction of sp³-hybridized carbons (Fsp3) is 0.556. The highest BCUT2D eigenvalue weighted by atomic mass is 16.2. The van der Waals surface area contributed by atoms with Gasteiger partial charge in [-0.15, -0.1) is 0 Å². The van der Waals surface area contributed by atoms with E-state index >= 15 is 0 Å². The Bertz CT molecular complexity index is 581. The van der Waals surface area contributed by atoms with Crippen LogP contribution in [0.3, 0.4) is 0 Å². The van der Waals surface area contributed by atoms with Crippen LogP contribution >= 0.6 is 0 Å². The van der Waals surface area contributed by atoms with Gasteiger partial charge in [0.05, 0.1) is 6.07 Å². The molecule has 0 aliphatic heterocycles. The maximum absolute atomic E-state index is 12.8. The van der Waals surface area contributed by atoms with Gasteiger partial charge >= 0.3 is 0 Å². The third-order valence-electron chi connectivity index (χ3n) is 5.27. The minimum atomic E-state index is -0.744. The number of hydrogen-bond donors (Lipinski definition) is 0. The van der Waals surface area contributed by atoms with E-state index in [1.165, 1.54) is 11.1 Å². The van der Waals surface area contributed by atoms with E-state index in [0.29, 0.717) is 0 Å². The Labute approximate surface area is 126 Å². The van der Waals surface area contributed by atoms with Crippen LogP contribution in [0.4, 0.5) is 0 Å². The number of carbonyl (C=O) groups is 1. The first-order valence-electron chi connectivity index (χ1n) is 7.91. The van der Waals surface area contributed by atoms with Crippen molar-refractivity contribution < 1.29 is 4.79 Å². The van der Waals surface area contributed by atoms with Crippen molar-refractivity contribution in [1.82, 2.24) is 4.90 Å². The van der Waals surface area contributed by atoms with E-state index in [4.69, 9.17) is 0 Å². The number of rotatable bonds is 2. The normalized spacial score (nSPS) is 23.1. The minimum absolute atomic E-state index is 0.0480. The van der Waals surface area contributed by atoms with Gasteiger partial charge in [-0.25, -0.2) is 0 Å². The monoisotopic (exact) mass is 282 g/mol. The molecule has 3 rings (SSSR count). The van der Waals surface area contributed by atoms with Crippen molar-refractivity contribution in [2.45, 2.75) is 51.0 Å². The molecule has 0 radical (unpaired) electrons. The number of benzene rings is 1. The Morgan fingerprint density at radius 1 is 1.29 bits per heavy atom. The van der Waals surface area contributed by atoms with E-state index in [0.717, 1.165) is 44.9 Å². The number of nitrogens with zero attached hydrogens (tertiary/aromatic N) is 2. The van der Waals surface area contributed by atoms with Crippen LogP contribution < -0.4 is 0 Å². The molecule has 1 amide bonds. The second-order valence-corrected chi connectivity index (χ2v) is 6.48. The zero-order chi connectivity index (χ0) is 14.9. The summed E-state index contributed by atoms with van der Waals surface area (Å²) in [6, 6.07) is 11.1. The van der Waals surface area contributed by atoms with Crippen LogP contribution in [0, 0.1) is 16.7 Å². The highest BCUT2D eigenvalue weighted by Crippen LogP contribution is 2.40. The molecule has 0 bridgehead atoms. The first kappa shape index (κ1) is 14.1. The summed E-state index contributed by atoms with van der Waals surface area (Å²) in [6.45, 7) is 0. The molecule has 1 fully saturated rings. The maximum Gasteiger partial charge on any atom is 0.243 e. The fourth-order valence-electron chi connectivity index (χ4n) is 3.86. The quantitative estimate of drug-likeness (QED) is 0.836. The largest absolute Gasteiger partial charge is 0.341 e. The number of amides is 1. The van der Waals surface area contributed by atoms with Crippen molar-refractivity contribution in [2.24, 2.45) is 5.41 Å². The molecular weight excluding hydrogens is 260 g/mol. The van der Waals surface area contributed by atoms with Gasteiger partial charge in [-0.3, -0.25) is 4.79 Å². The van der Waals surface area contributed by atoms with E-state index < -0.39 is 5.41 Å². The summed E-state index contributed by atoms with van der Waals surface area (Å²) < 4.78 is 0. The molecule has 1 atom stereocenters. The summed E-state index contributed by atoms with van der Waals surface area (Å²) in [5, 5.41) is 9.49. The minimum Gasteiger partial charge on any atom is -0.341 e. The van der Waals surface area contributed by atoms with Gasteiger partial charge < -0.3 is 4.90 Å². The van der Waals surface area contributed by atoms with Crippen molar-refractivity contribution in [3.8, 4) is 6.07 Å². The van der Waals surface area contributed by atoms with Gasteiger partial charge in [0.15, 0.2) is 0 Å². The maximum atomic E-state index is 12.8. The fourth-order valence-corrected chi connectivity index (χ4v) is 3.86. The molecule has 1 aromatic carbocycles. The van der Waals surface area contributed by atoms with Crippen LogP contribution in [-0.2, 0) is 17.6 Å². The van der Waals surface area contributed by atoms with Gasteiger partial charge in [-0.2, -0.15) is 5.26 Å². The zero-order valence-corrected chi connectivity index (χ0v) is 12.6. The predicted molar refractivity (Wildman–Crippen MR) is 81.5 cm³/mol. The summed E-state index contributed by atoms with van der Waals surface area (Å²) in [6.07, 6.45) is 6.41.